The Labute approximate surface area is 149 Å². The first-order valence-corrected chi connectivity index (χ1v) is 9.26. The van der Waals surface area contributed by atoms with E-state index in [1.54, 1.807) is 12.1 Å². The van der Waals surface area contributed by atoms with Gasteiger partial charge in [0.05, 0.1) is 4.90 Å². The van der Waals surface area contributed by atoms with Gasteiger partial charge in [-0.25, -0.2) is 13.0 Å². The van der Waals surface area contributed by atoms with Crippen LogP contribution >= 0.6 is 0 Å². The van der Waals surface area contributed by atoms with Gasteiger partial charge >= 0.3 is 0 Å². The standard InChI is InChI=1S/C13H14N.C7H8O3S/c1-14-9-7-13(8-10-14)11-12-5-3-2-4-6-12;1-6-2-4-7(5-3-6)11(8,9)10/h2-10H,11H2,1H3;2-5H,1H3,(H,8,9,10)/q+1;/p-1. The van der Waals surface area contributed by atoms with Gasteiger partial charge in [0.1, 0.15) is 17.2 Å². The lowest BCUT2D eigenvalue weighted by Gasteiger charge is -2.05. The van der Waals surface area contributed by atoms with Crippen LogP contribution in [0, 0.1) is 6.92 Å². The van der Waals surface area contributed by atoms with E-state index < -0.39 is 10.1 Å². The topological polar surface area (TPSA) is 61.1 Å². The first-order valence-electron chi connectivity index (χ1n) is 7.85. The molecule has 3 aromatic rings. The predicted molar refractivity (Wildman–Crippen MR) is 96.0 cm³/mol. The van der Waals surface area contributed by atoms with Crippen molar-refractivity contribution in [3.05, 3.63) is 95.8 Å². The van der Waals surface area contributed by atoms with Crippen molar-refractivity contribution in [2.45, 2.75) is 18.2 Å². The van der Waals surface area contributed by atoms with Crippen molar-refractivity contribution in [3.63, 3.8) is 0 Å². The maximum Gasteiger partial charge on any atom is 0.168 e. The third-order valence-corrected chi connectivity index (χ3v) is 4.46. The molecule has 1 heterocycles. The van der Waals surface area contributed by atoms with Gasteiger partial charge in [-0.15, -0.1) is 0 Å². The highest BCUT2D eigenvalue weighted by Crippen LogP contribution is 2.08. The van der Waals surface area contributed by atoms with E-state index in [1.807, 2.05) is 14.0 Å². The first-order chi connectivity index (χ1) is 11.8. The Morgan fingerprint density at radius 1 is 0.840 bits per heavy atom. The molecule has 0 fully saturated rings. The summed E-state index contributed by atoms with van der Waals surface area (Å²) in [6, 6.07) is 20.6. The summed E-state index contributed by atoms with van der Waals surface area (Å²) in [6.45, 7) is 1.82. The highest BCUT2D eigenvalue weighted by molar-refractivity contribution is 7.85. The van der Waals surface area contributed by atoms with E-state index in [2.05, 4.69) is 59.4 Å². The molecule has 0 aliphatic carbocycles. The van der Waals surface area contributed by atoms with Crippen LogP contribution in [-0.4, -0.2) is 13.0 Å². The molecule has 0 amide bonds. The van der Waals surface area contributed by atoms with Crippen LogP contribution in [0.3, 0.4) is 0 Å². The second-order valence-electron chi connectivity index (χ2n) is 5.80. The van der Waals surface area contributed by atoms with E-state index in [1.165, 1.54) is 23.3 Å². The molecular weight excluding hydrogens is 334 g/mol. The minimum absolute atomic E-state index is 0.178. The lowest BCUT2D eigenvalue weighted by atomic mass is 10.1. The van der Waals surface area contributed by atoms with Crippen LogP contribution in [0.2, 0.25) is 0 Å². The molecule has 0 aliphatic rings. The maximum absolute atomic E-state index is 10.4. The van der Waals surface area contributed by atoms with Gasteiger partial charge in [0.15, 0.2) is 12.4 Å². The van der Waals surface area contributed by atoms with E-state index in [-0.39, 0.29) is 4.90 Å². The molecule has 4 nitrogen and oxygen atoms in total. The lowest BCUT2D eigenvalue weighted by molar-refractivity contribution is -0.671. The molecule has 0 radical (unpaired) electrons. The molecule has 0 unspecified atom stereocenters. The summed E-state index contributed by atoms with van der Waals surface area (Å²) < 4.78 is 33.2. The molecule has 0 bridgehead atoms. The molecular formula is C20H21NO3S. The number of aryl methyl sites for hydroxylation is 2. The Hall–Kier alpha value is -2.50. The van der Waals surface area contributed by atoms with Crippen LogP contribution in [0.5, 0.6) is 0 Å². The predicted octanol–water partition coefficient (Wildman–Crippen LogP) is 3.00. The highest BCUT2D eigenvalue weighted by atomic mass is 32.2. The second kappa shape index (κ2) is 8.55. The third-order valence-electron chi connectivity index (χ3n) is 3.61. The monoisotopic (exact) mass is 355 g/mol. The van der Waals surface area contributed by atoms with Gasteiger partial charge in [-0.1, -0.05) is 48.0 Å². The van der Waals surface area contributed by atoms with Crippen molar-refractivity contribution in [1.29, 1.82) is 0 Å². The minimum Gasteiger partial charge on any atom is -0.744 e. The second-order valence-corrected chi connectivity index (χ2v) is 7.18. The largest absolute Gasteiger partial charge is 0.744 e. The Balaban J connectivity index is 0.000000186. The van der Waals surface area contributed by atoms with Gasteiger partial charge in [0, 0.05) is 12.1 Å². The number of benzene rings is 2. The van der Waals surface area contributed by atoms with Crippen LogP contribution < -0.4 is 4.57 Å². The summed E-state index contributed by atoms with van der Waals surface area (Å²) in [7, 11) is -2.24. The Morgan fingerprint density at radius 2 is 1.36 bits per heavy atom. The molecule has 5 heteroatoms. The number of rotatable bonds is 3. The zero-order valence-corrected chi connectivity index (χ0v) is 15.1. The van der Waals surface area contributed by atoms with Crippen LogP contribution in [0.15, 0.2) is 84.0 Å². The number of pyridine rings is 1. The SMILES string of the molecule is C[n+]1ccc(Cc2ccccc2)cc1.Cc1ccc(S(=O)(=O)[O-])cc1. The van der Waals surface area contributed by atoms with Gasteiger partial charge in [-0.05, 0) is 36.6 Å². The lowest BCUT2D eigenvalue weighted by Crippen LogP contribution is -2.25. The summed E-state index contributed by atoms with van der Waals surface area (Å²) >= 11 is 0. The highest BCUT2D eigenvalue weighted by Gasteiger charge is 1.98. The van der Waals surface area contributed by atoms with Crippen LogP contribution in [0.25, 0.3) is 0 Å². The molecule has 0 saturated heterocycles. The third kappa shape index (κ3) is 6.49. The molecule has 1 aromatic heterocycles. The quantitative estimate of drug-likeness (QED) is 0.536. The van der Waals surface area contributed by atoms with E-state index in [4.69, 9.17) is 0 Å². The maximum atomic E-state index is 10.4. The minimum atomic E-state index is -4.27. The summed E-state index contributed by atoms with van der Waals surface area (Å²) in [5.41, 5.74) is 3.65. The van der Waals surface area contributed by atoms with Gasteiger partial charge in [-0.3, -0.25) is 0 Å². The molecule has 2 aromatic carbocycles. The Kier molecular flexibility index (Phi) is 6.44. The number of hydrogen-bond donors (Lipinski definition) is 0. The van der Waals surface area contributed by atoms with Crippen molar-refractivity contribution < 1.29 is 17.5 Å². The molecule has 0 aliphatic heterocycles. The molecule has 3 rings (SSSR count). The van der Waals surface area contributed by atoms with Crippen LogP contribution in [0.4, 0.5) is 0 Å². The fourth-order valence-corrected chi connectivity index (χ4v) is 2.66. The normalized spacial score (nSPS) is 10.7. The summed E-state index contributed by atoms with van der Waals surface area (Å²) in [4.78, 5) is -0.178. The van der Waals surface area contributed by atoms with Crippen LogP contribution in [0.1, 0.15) is 16.7 Å². The van der Waals surface area contributed by atoms with Crippen molar-refractivity contribution >= 4 is 10.1 Å². The zero-order chi connectivity index (χ0) is 18.3. The smallest absolute Gasteiger partial charge is 0.168 e. The average molecular weight is 355 g/mol. The van der Waals surface area contributed by atoms with E-state index in [9.17, 15) is 13.0 Å². The van der Waals surface area contributed by atoms with Crippen molar-refractivity contribution in [1.82, 2.24) is 0 Å². The summed E-state index contributed by atoms with van der Waals surface area (Å²) in [5, 5.41) is 0. The number of nitrogens with zero attached hydrogens (tertiary/aromatic N) is 1. The fourth-order valence-electron chi connectivity index (χ4n) is 2.19. The van der Waals surface area contributed by atoms with E-state index >= 15 is 0 Å². The van der Waals surface area contributed by atoms with Gasteiger partial charge in [0.2, 0.25) is 0 Å². The average Bonchev–Trinajstić information content (AvgIpc) is 2.58. The van der Waals surface area contributed by atoms with Gasteiger partial charge in [-0.2, -0.15) is 0 Å². The Morgan fingerprint density at radius 3 is 1.88 bits per heavy atom. The molecule has 0 atom stereocenters. The van der Waals surface area contributed by atoms with Gasteiger partial charge < -0.3 is 4.55 Å². The first kappa shape index (κ1) is 18.8. The summed E-state index contributed by atoms with van der Waals surface area (Å²) in [6.07, 6.45) is 5.18. The number of hydrogen-bond acceptors (Lipinski definition) is 3. The van der Waals surface area contributed by atoms with Crippen LogP contribution in [-0.2, 0) is 23.6 Å². The van der Waals surface area contributed by atoms with Gasteiger partial charge in [0.25, 0.3) is 0 Å². The molecule has 130 valence electrons. The van der Waals surface area contributed by atoms with E-state index in [0.29, 0.717) is 0 Å². The zero-order valence-electron chi connectivity index (χ0n) is 14.3. The molecule has 0 saturated carbocycles. The molecule has 0 spiro atoms. The molecule has 25 heavy (non-hydrogen) atoms. The Bertz CT molecular complexity index is 888. The van der Waals surface area contributed by atoms with Crippen molar-refractivity contribution in [2.75, 3.05) is 0 Å². The van der Waals surface area contributed by atoms with E-state index in [0.717, 1.165) is 12.0 Å². The van der Waals surface area contributed by atoms with Crippen molar-refractivity contribution in [3.8, 4) is 0 Å². The number of aromatic nitrogens is 1. The van der Waals surface area contributed by atoms with Crippen molar-refractivity contribution in [2.24, 2.45) is 7.05 Å². The molecule has 0 N–H and O–H groups in total. The fraction of sp³-hybridized carbons (Fsp3) is 0.150. The summed E-state index contributed by atoms with van der Waals surface area (Å²) in [5.74, 6) is 0.